The van der Waals surface area contributed by atoms with E-state index >= 15 is 0 Å². The van der Waals surface area contributed by atoms with Gasteiger partial charge in [0.1, 0.15) is 11.5 Å². The number of thiazole rings is 1. The van der Waals surface area contributed by atoms with Crippen LogP contribution in [0.1, 0.15) is 22.3 Å². The van der Waals surface area contributed by atoms with Crippen LogP contribution in [0.4, 0.5) is 24.0 Å². The normalized spacial score (nSPS) is 11.3. The van der Waals surface area contributed by atoms with Gasteiger partial charge in [-0.3, -0.25) is 9.59 Å². The number of fused-ring (bicyclic) bond motifs is 1. The van der Waals surface area contributed by atoms with Crippen molar-refractivity contribution >= 4 is 44.8 Å². The first-order valence-electron chi connectivity index (χ1n) is 13.3. The molecule has 1 heterocycles. The van der Waals surface area contributed by atoms with Crippen LogP contribution in [0.2, 0.25) is 0 Å². The smallest absolute Gasteiger partial charge is 0.497 e. The standard InChI is InChI=1S/C32H26F3N3O5S/c1-42-27-13-8-23-16-20(2-3-24(23)17-27)18-38(25-9-4-22(5-10-25)30(41)36-15-14-29(39)40)31-37-28(19-44-31)21-6-11-26(12-7-21)43-32(33,34)35/h2-13,16-17,19H,14-15,18H2,1H3,(H,36,41)(H,39,40). The SMILES string of the molecule is COc1ccc2cc(CN(c3ccc(C(=O)NCCC(=O)O)cc3)c3nc(-c4ccc(OC(F)(F)F)cc4)cs3)ccc2c1. The molecule has 4 aromatic carbocycles. The van der Waals surface area contributed by atoms with Gasteiger partial charge >= 0.3 is 12.3 Å². The molecule has 0 radical (unpaired) electrons. The van der Waals surface area contributed by atoms with Gasteiger partial charge < -0.3 is 24.8 Å². The Balaban J connectivity index is 1.43. The molecule has 5 aromatic rings. The van der Waals surface area contributed by atoms with Gasteiger partial charge in [0, 0.05) is 28.7 Å². The minimum atomic E-state index is -4.78. The van der Waals surface area contributed by atoms with Gasteiger partial charge in [0.2, 0.25) is 0 Å². The summed E-state index contributed by atoms with van der Waals surface area (Å²) in [7, 11) is 1.62. The zero-order valence-corrected chi connectivity index (χ0v) is 24.1. The number of hydrogen-bond donors (Lipinski definition) is 2. The van der Waals surface area contributed by atoms with Crippen LogP contribution < -0.4 is 19.7 Å². The second kappa shape index (κ2) is 13.0. The van der Waals surface area contributed by atoms with Crippen molar-refractivity contribution in [1.82, 2.24) is 10.3 Å². The number of ether oxygens (including phenoxy) is 2. The number of amides is 1. The molecule has 0 saturated carbocycles. The number of halogens is 3. The molecule has 0 aliphatic heterocycles. The highest BCUT2D eigenvalue weighted by Crippen LogP contribution is 2.35. The third-order valence-corrected chi connectivity index (χ3v) is 7.49. The number of aliphatic carboxylic acids is 1. The molecule has 0 saturated heterocycles. The van der Waals surface area contributed by atoms with Crippen LogP contribution in [0.25, 0.3) is 22.0 Å². The highest BCUT2D eigenvalue weighted by molar-refractivity contribution is 7.14. The van der Waals surface area contributed by atoms with Crippen LogP contribution in [-0.4, -0.2) is 42.0 Å². The number of carboxylic acids is 1. The Morgan fingerprint density at radius 1 is 0.932 bits per heavy atom. The Kier molecular flexibility index (Phi) is 9.00. The summed E-state index contributed by atoms with van der Waals surface area (Å²) in [6, 6.07) is 24.3. The number of carbonyl (C=O) groups is 2. The lowest BCUT2D eigenvalue weighted by molar-refractivity contribution is -0.274. The van der Waals surface area contributed by atoms with Crippen LogP contribution in [0.5, 0.6) is 11.5 Å². The molecule has 1 aromatic heterocycles. The summed E-state index contributed by atoms with van der Waals surface area (Å²) in [5, 5.41) is 15.9. The number of nitrogens with one attached hydrogen (secondary N) is 1. The Hall–Kier alpha value is -5.10. The molecular weight excluding hydrogens is 595 g/mol. The lowest BCUT2D eigenvalue weighted by atomic mass is 10.1. The third-order valence-electron chi connectivity index (χ3n) is 6.62. The minimum Gasteiger partial charge on any atom is -0.497 e. The number of benzene rings is 4. The molecule has 0 fully saturated rings. The molecule has 12 heteroatoms. The quantitative estimate of drug-likeness (QED) is 0.158. The first-order valence-corrected chi connectivity index (χ1v) is 14.2. The van der Waals surface area contributed by atoms with E-state index in [0.29, 0.717) is 28.5 Å². The summed E-state index contributed by atoms with van der Waals surface area (Å²) in [6.45, 7) is 0.443. The second-order valence-corrected chi connectivity index (χ2v) is 10.5. The number of rotatable bonds is 11. The summed E-state index contributed by atoms with van der Waals surface area (Å²) in [4.78, 5) is 30.0. The maximum absolute atomic E-state index is 12.6. The van der Waals surface area contributed by atoms with Gasteiger partial charge in [0.05, 0.1) is 25.8 Å². The van der Waals surface area contributed by atoms with E-state index in [1.165, 1.54) is 35.6 Å². The van der Waals surface area contributed by atoms with Crippen molar-refractivity contribution in [3.8, 4) is 22.8 Å². The number of anilines is 2. The summed E-state index contributed by atoms with van der Waals surface area (Å²) in [6.07, 6.45) is -4.96. The van der Waals surface area contributed by atoms with Crippen molar-refractivity contribution in [2.24, 2.45) is 0 Å². The van der Waals surface area contributed by atoms with Gasteiger partial charge in [-0.1, -0.05) is 18.2 Å². The van der Waals surface area contributed by atoms with Crippen molar-refractivity contribution in [2.75, 3.05) is 18.6 Å². The van der Waals surface area contributed by atoms with E-state index in [9.17, 15) is 22.8 Å². The molecule has 0 aliphatic carbocycles. The number of carbonyl (C=O) groups excluding carboxylic acids is 1. The average molecular weight is 622 g/mol. The van der Waals surface area contributed by atoms with Crippen molar-refractivity contribution in [2.45, 2.75) is 19.3 Å². The zero-order valence-electron chi connectivity index (χ0n) is 23.3. The number of alkyl halides is 3. The molecule has 1 amide bonds. The van der Waals surface area contributed by atoms with E-state index in [2.05, 4.69) is 16.1 Å². The molecule has 2 N–H and O–H groups in total. The molecule has 44 heavy (non-hydrogen) atoms. The fraction of sp³-hybridized carbons (Fsp3) is 0.156. The molecule has 0 unspecified atom stereocenters. The summed E-state index contributed by atoms with van der Waals surface area (Å²) in [5.74, 6) is -0.951. The molecular formula is C32H26F3N3O5S. The Morgan fingerprint density at radius 3 is 2.30 bits per heavy atom. The third kappa shape index (κ3) is 7.64. The maximum atomic E-state index is 12.6. The summed E-state index contributed by atoms with van der Waals surface area (Å²) >= 11 is 1.37. The molecule has 0 spiro atoms. The van der Waals surface area contributed by atoms with E-state index in [-0.39, 0.29) is 24.6 Å². The lowest BCUT2D eigenvalue weighted by Crippen LogP contribution is -2.26. The van der Waals surface area contributed by atoms with Crippen LogP contribution in [0, 0.1) is 0 Å². The first-order chi connectivity index (χ1) is 21.1. The zero-order chi connectivity index (χ0) is 31.3. The predicted octanol–water partition coefficient (Wildman–Crippen LogP) is 7.41. The number of hydrogen-bond acceptors (Lipinski definition) is 7. The van der Waals surface area contributed by atoms with Crippen LogP contribution in [-0.2, 0) is 11.3 Å². The van der Waals surface area contributed by atoms with Crippen LogP contribution >= 0.6 is 11.3 Å². The monoisotopic (exact) mass is 621 g/mol. The Labute approximate surface area is 254 Å². The maximum Gasteiger partial charge on any atom is 0.573 e. The van der Waals surface area contributed by atoms with Crippen molar-refractivity contribution in [3.63, 3.8) is 0 Å². The van der Waals surface area contributed by atoms with Gasteiger partial charge in [0.25, 0.3) is 5.91 Å². The highest BCUT2D eigenvalue weighted by atomic mass is 32.1. The summed E-state index contributed by atoms with van der Waals surface area (Å²) in [5.41, 5.74) is 3.31. The fourth-order valence-electron chi connectivity index (χ4n) is 4.48. The van der Waals surface area contributed by atoms with Crippen LogP contribution in [0.3, 0.4) is 0 Å². The van der Waals surface area contributed by atoms with Crippen LogP contribution in [0.15, 0.2) is 90.3 Å². The van der Waals surface area contributed by atoms with E-state index in [4.69, 9.17) is 14.8 Å². The van der Waals surface area contributed by atoms with E-state index in [1.807, 2.05) is 40.6 Å². The van der Waals surface area contributed by atoms with Crippen molar-refractivity contribution < 1.29 is 37.3 Å². The number of nitrogens with zero attached hydrogens (tertiary/aromatic N) is 2. The molecule has 8 nitrogen and oxygen atoms in total. The van der Waals surface area contributed by atoms with Gasteiger partial charge in [0.15, 0.2) is 5.13 Å². The highest BCUT2D eigenvalue weighted by Gasteiger charge is 2.31. The second-order valence-electron chi connectivity index (χ2n) is 9.67. The number of aromatic nitrogens is 1. The Morgan fingerprint density at radius 2 is 1.61 bits per heavy atom. The van der Waals surface area contributed by atoms with Crippen molar-refractivity contribution in [3.05, 3.63) is 101 Å². The van der Waals surface area contributed by atoms with E-state index in [1.54, 1.807) is 31.4 Å². The van der Waals surface area contributed by atoms with Gasteiger partial charge in [-0.25, -0.2) is 4.98 Å². The molecule has 5 rings (SSSR count). The first kappa shape index (κ1) is 30.4. The molecule has 0 aliphatic rings. The van der Waals surface area contributed by atoms with Gasteiger partial charge in [-0.05, 0) is 83.1 Å². The molecule has 0 bridgehead atoms. The average Bonchev–Trinajstić information content (AvgIpc) is 3.49. The van der Waals surface area contributed by atoms with Gasteiger partial charge in [-0.15, -0.1) is 24.5 Å². The van der Waals surface area contributed by atoms with E-state index < -0.39 is 12.3 Å². The lowest BCUT2D eigenvalue weighted by Gasteiger charge is -2.23. The molecule has 0 atom stereocenters. The van der Waals surface area contributed by atoms with E-state index in [0.717, 1.165) is 27.8 Å². The molecule has 226 valence electrons. The fourth-order valence-corrected chi connectivity index (χ4v) is 5.33. The Bertz CT molecular complexity index is 1770. The topological polar surface area (TPSA) is 101 Å². The van der Waals surface area contributed by atoms with Gasteiger partial charge in [-0.2, -0.15) is 0 Å². The summed E-state index contributed by atoms with van der Waals surface area (Å²) < 4.78 is 47.1. The number of methoxy groups -OCH3 is 1. The largest absolute Gasteiger partial charge is 0.573 e. The minimum absolute atomic E-state index is 0.0150. The van der Waals surface area contributed by atoms with Crippen molar-refractivity contribution in [1.29, 1.82) is 0 Å². The number of carboxylic acid groups (broad SMARTS) is 1. The predicted molar refractivity (Wildman–Crippen MR) is 162 cm³/mol.